The minimum atomic E-state index is -3.55. The fourth-order valence-electron chi connectivity index (χ4n) is 3.22. The molecule has 0 aromatic heterocycles. The normalized spacial score (nSPS) is 16.1. The molecule has 2 aromatic carbocycles. The first-order valence-electron chi connectivity index (χ1n) is 9.06. The zero-order valence-corrected chi connectivity index (χ0v) is 17.9. The van der Waals surface area contributed by atoms with Crippen molar-refractivity contribution in [3.05, 3.63) is 63.9 Å². The number of aryl methyl sites for hydroxylation is 1. The Labute approximate surface area is 173 Å². The van der Waals surface area contributed by atoms with Crippen LogP contribution in [0.2, 0.25) is 0 Å². The summed E-state index contributed by atoms with van der Waals surface area (Å²) in [5.74, 6) is -0.825. The summed E-state index contributed by atoms with van der Waals surface area (Å²) in [6.45, 7) is 2.59. The molecule has 2 aromatic rings. The van der Waals surface area contributed by atoms with Crippen molar-refractivity contribution in [1.82, 2.24) is 9.62 Å². The smallest absolute Gasteiger partial charge is 0.243 e. The largest absolute Gasteiger partial charge is 0.352 e. The number of carbonyl (C=O) groups is 1. The summed E-state index contributed by atoms with van der Waals surface area (Å²) in [4.78, 5) is 12.7. The zero-order chi connectivity index (χ0) is 20.3. The summed E-state index contributed by atoms with van der Waals surface area (Å²) in [7, 11) is -3.55. The van der Waals surface area contributed by atoms with Crippen LogP contribution in [0.5, 0.6) is 0 Å². The van der Waals surface area contributed by atoms with Gasteiger partial charge in [-0.3, -0.25) is 4.79 Å². The number of amides is 1. The van der Waals surface area contributed by atoms with Gasteiger partial charge in [0.1, 0.15) is 5.82 Å². The van der Waals surface area contributed by atoms with Gasteiger partial charge in [0, 0.05) is 35.6 Å². The molecule has 1 heterocycles. The van der Waals surface area contributed by atoms with Crippen molar-refractivity contribution < 1.29 is 17.6 Å². The predicted octanol–water partition coefficient (Wildman–Crippen LogP) is 3.61. The van der Waals surface area contributed by atoms with Crippen molar-refractivity contribution in [1.29, 1.82) is 0 Å². The first kappa shape index (κ1) is 21.0. The van der Waals surface area contributed by atoms with E-state index < -0.39 is 10.0 Å². The van der Waals surface area contributed by atoms with Gasteiger partial charge in [0.2, 0.25) is 15.9 Å². The highest BCUT2D eigenvalue weighted by Gasteiger charge is 2.32. The molecule has 0 radical (unpaired) electrons. The predicted molar refractivity (Wildman–Crippen MR) is 109 cm³/mol. The molecule has 0 spiro atoms. The van der Waals surface area contributed by atoms with Crippen molar-refractivity contribution in [2.75, 3.05) is 13.1 Å². The quantitative estimate of drug-likeness (QED) is 0.728. The standard InChI is InChI=1S/C20H22BrFN2O3S/c1-14-2-5-18(6-3-14)28(26,27)24-10-8-15(9-11-24)20(25)23-13-16-12-17(21)4-7-19(16)22/h2-7,12,15H,8-11,13H2,1H3,(H,23,25). The fourth-order valence-corrected chi connectivity index (χ4v) is 5.10. The molecule has 1 fully saturated rings. The van der Waals surface area contributed by atoms with E-state index in [-0.39, 0.29) is 29.1 Å². The van der Waals surface area contributed by atoms with Crippen molar-refractivity contribution in [3.8, 4) is 0 Å². The molecular weight excluding hydrogens is 447 g/mol. The lowest BCUT2D eigenvalue weighted by atomic mass is 9.97. The van der Waals surface area contributed by atoms with Gasteiger partial charge in [-0.2, -0.15) is 4.31 Å². The van der Waals surface area contributed by atoms with Crippen LogP contribution in [0.4, 0.5) is 4.39 Å². The summed E-state index contributed by atoms with van der Waals surface area (Å²) in [6.07, 6.45) is 0.885. The topological polar surface area (TPSA) is 66.5 Å². The summed E-state index contributed by atoms with van der Waals surface area (Å²) in [6, 6.07) is 11.3. The third kappa shape index (κ3) is 4.79. The first-order chi connectivity index (χ1) is 13.3. The number of rotatable bonds is 5. The molecule has 3 rings (SSSR count). The fraction of sp³-hybridized carbons (Fsp3) is 0.350. The van der Waals surface area contributed by atoms with Crippen LogP contribution in [0.1, 0.15) is 24.0 Å². The lowest BCUT2D eigenvalue weighted by Crippen LogP contribution is -2.42. The number of benzene rings is 2. The van der Waals surface area contributed by atoms with E-state index in [0.717, 1.165) is 10.0 Å². The van der Waals surface area contributed by atoms with E-state index in [1.165, 1.54) is 10.4 Å². The molecule has 1 aliphatic heterocycles. The van der Waals surface area contributed by atoms with Gasteiger partial charge < -0.3 is 5.32 Å². The van der Waals surface area contributed by atoms with Crippen molar-refractivity contribution in [2.45, 2.75) is 31.2 Å². The van der Waals surface area contributed by atoms with E-state index >= 15 is 0 Å². The number of carbonyl (C=O) groups excluding carboxylic acids is 1. The minimum Gasteiger partial charge on any atom is -0.352 e. The molecule has 1 N–H and O–H groups in total. The molecule has 28 heavy (non-hydrogen) atoms. The maximum Gasteiger partial charge on any atom is 0.243 e. The van der Waals surface area contributed by atoms with Crippen LogP contribution in [0.25, 0.3) is 0 Å². The summed E-state index contributed by atoms with van der Waals surface area (Å²) < 4.78 is 41.4. The number of nitrogens with one attached hydrogen (secondary N) is 1. The molecular formula is C20H22BrFN2O3S. The molecule has 5 nitrogen and oxygen atoms in total. The van der Waals surface area contributed by atoms with Gasteiger partial charge in [-0.15, -0.1) is 0 Å². The molecule has 0 bridgehead atoms. The lowest BCUT2D eigenvalue weighted by molar-refractivity contribution is -0.126. The molecule has 0 atom stereocenters. The number of hydrogen-bond donors (Lipinski definition) is 1. The Morgan fingerprint density at radius 1 is 1.18 bits per heavy atom. The van der Waals surface area contributed by atoms with Crippen LogP contribution in [0.3, 0.4) is 0 Å². The van der Waals surface area contributed by atoms with Gasteiger partial charge in [-0.1, -0.05) is 33.6 Å². The van der Waals surface area contributed by atoms with E-state index in [2.05, 4.69) is 21.2 Å². The van der Waals surface area contributed by atoms with Crippen LogP contribution in [0, 0.1) is 18.7 Å². The Bertz CT molecular complexity index is 956. The average Bonchev–Trinajstić information content (AvgIpc) is 2.69. The van der Waals surface area contributed by atoms with Gasteiger partial charge in [-0.25, -0.2) is 12.8 Å². The number of hydrogen-bond acceptors (Lipinski definition) is 3. The second-order valence-corrected chi connectivity index (χ2v) is 9.80. The number of halogens is 2. The SMILES string of the molecule is Cc1ccc(S(=O)(=O)N2CCC(C(=O)NCc3cc(Br)ccc3F)CC2)cc1. The second-order valence-electron chi connectivity index (χ2n) is 6.94. The second kappa shape index (κ2) is 8.71. The Balaban J connectivity index is 1.56. The summed E-state index contributed by atoms with van der Waals surface area (Å²) >= 11 is 3.29. The van der Waals surface area contributed by atoms with Gasteiger partial charge in [0.15, 0.2) is 0 Å². The van der Waals surface area contributed by atoms with E-state index in [1.54, 1.807) is 36.4 Å². The third-order valence-corrected chi connectivity index (χ3v) is 7.35. The van der Waals surface area contributed by atoms with Crippen LogP contribution >= 0.6 is 15.9 Å². The summed E-state index contributed by atoms with van der Waals surface area (Å²) in [5, 5.41) is 2.76. The van der Waals surface area contributed by atoms with Crippen LogP contribution < -0.4 is 5.32 Å². The summed E-state index contributed by atoms with van der Waals surface area (Å²) in [5.41, 5.74) is 1.40. The highest BCUT2D eigenvalue weighted by Crippen LogP contribution is 2.24. The van der Waals surface area contributed by atoms with Crippen LogP contribution in [-0.4, -0.2) is 31.7 Å². The Morgan fingerprint density at radius 3 is 2.46 bits per heavy atom. The molecule has 0 saturated carbocycles. The van der Waals surface area contributed by atoms with Crippen LogP contribution in [0.15, 0.2) is 51.8 Å². The third-order valence-electron chi connectivity index (χ3n) is 4.94. The Morgan fingerprint density at radius 2 is 1.82 bits per heavy atom. The Hall–Kier alpha value is -1.77. The first-order valence-corrected chi connectivity index (χ1v) is 11.3. The molecule has 1 amide bonds. The average molecular weight is 469 g/mol. The molecule has 8 heteroatoms. The van der Waals surface area contributed by atoms with Crippen molar-refractivity contribution in [3.63, 3.8) is 0 Å². The monoisotopic (exact) mass is 468 g/mol. The number of sulfonamides is 1. The minimum absolute atomic E-state index is 0.103. The van der Waals surface area contributed by atoms with E-state index in [9.17, 15) is 17.6 Å². The maximum atomic E-state index is 13.8. The lowest BCUT2D eigenvalue weighted by Gasteiger charge is -2.30. The van der Waals surface area contributed by atoms with Crippen molar-refractivity contribution in [2.24, 2.45) is 5.92 Å². The number of piperidine rings is 1. The molecule has 150 valence electrons. The van der Waals surface area contributed by atoms with E-state index in [0.29, 0.717) is 31.5 Å². The van der Waals surface area contributed by atoms with Crippen molar-refractivity contribution >= 4 is 31.9 Å². The van der Waals surface area contributed by atoms with E-state index in [1.807, 2.05) is 6.92 Å². The number of nitrogens with zero attached hydrogens (tertiary/aromatic N) is 1. The van der Waals surface area contributed by atoms with E-state index in [4.69, 9.17) is 0 Å². The van der Waals surface area contributed by atoms with Gasteiger partial charge in [-0.05, 0) is 50.1 Å². The maximum absolute atomic E-state index is 13.8. The molecule has 1 saturated heterocycles. The van der Waals surface area contributed by atoms with Gasteiger partial charge in [0.25, 0.3) is 0 Å². The molecule has 1 aliphatic rings. The van der Waals surface area contributed by atoms with Crippen LogP contribution in [-0.2, 0) is 21.4 Å². The zero-order valence-electron chi connectivity index (χ0n) is 15.5. The molecule has 0 aliphatic carbocycles. The highest BCUT2D eigenvalue weighted by atomic mass is 79.9. The van der Waals surface area contributed by atoms with Gasteiger partial charge >= 0.3 is 0 Å². The highest BCUT2D eigenvalue weighted by molar-refractivity contribution is 9.10. The molecule has 0 unspecified atom stereocenters. The van der Waals surface area contributed by atoms with Gasteiger partial charge in [0.05, 0.1) is 4.90 Å². The Kier molecular flexibility index (Phi) is 6.52.